The fourth-order valence-electron chi connectivity index (χ4n) is 1.79. The molecule has 0 saturated heterocycles. The molecule has 2 aromatic rings. The van der Waals surface area contributed by atoms with E-state index in [9.17, 15) is 9.50 Å². The number of hydrogen-bond donors (Lipinski definition) is 1. The molecule has 1 unspecified atom stereocenters. The van der Waals surface area contributed by atoms with Crippen molar-refractivity contribution >= 4 is 27.5 Å². The molecule has 1 atom stereocenters. The van der Waals surface area contributed by atoms with Crippen molar-refractivity contribution in [2.75, 3.05) is 7.11 Å². The number of aliphatic hydroxyl groups excluding tert-OH is 1. The molecule has 100 valence electrons. The van der Waals surface area contributed by atoms with Gasteiger partial charge in [-0.1, -0.05) is 39.7 Å². The molecule has 5 heteroatoms. The van der Waals surface area contributed by atoms with Crippen LogP contribution in [0.2, 0.25) is 5.02 Å². The first kappa shape index (κ1) is 14.3. The summed E-state index contributed by atoms with van der Waals surface area (Å²) in [5.41, 5.74) is 0.641. The van der Waals surface area contributed by atoms with Gasteiger partial charge in [0.25, 0.3) is 0 Å². The summed E-state index contributed by atoms with van der Waals surface area (Å²) in [7, 11) is 1.38. The number of halogens is 3. The third kappa shape index (κ3) is 2.91. The van der Waals surface area contributed by atoms with Crippen LogP contribution in [0.4, 0.5) is 4.39 Å². The molecule has 1 N–H and O–H groups in total. The highest BCUT2D eigenvalue weighted by atomic mass is 79.9. The lowest BCUT2D eigenvalue weighted by atomic mass is 10.0. The Morgan fingerprint density at radius 2 is 2.00 bits per heavy atom. The second-order valence-electron chi connectivity index (χ2n) is 3.93. The maximum absolute atomic E-state index is 14.1. The molecule has 2 rings (SSSR count). The molecule has 0 radical (unpaired) electrons. The zero-order valence-electron chi connectivity index (χ0n) is 10.0. The van der Waals surface area contributed by atoms with E-state index in [1.807, 2.05) is 0 Å². The van der Waals surface area contributed by atoms with Crippen molar-refractivity contribution in [3.63, 3.8) is 0 Å². The van der Waals surface area contributed by atoms with Gasteiger partial charge in [-0.05, 0) is 24.3 Å². The van der Waals surface area contributed by atoms with E-state index in [0.717, 1.165) is 0 Å². The molecule has 0 aromatic heterocycles. The highest BCUT2D eigenvalue weighted by molar-refractivity contribution is 9.10. The Kier molecular flexibility index (Phi) is 4.45. The average Bonchev–Trinajstić information content (AvgIpc) is 2.41. The van der Waals surface area contributed by atoms with Crippen LogP contribution in [0.3, 0.4) is 0 Å². The van der Waals surface area contributed by atoms with E-state index in [1.165, 1.54) is 19.2 Å². The third-order valence-corrected chi connectivity index (χ3v) is 3.72. The summed E-state index contributed by atoms with van der Waals surface area (Å²) in [6, 6.07) is 9.62. The van der Waals surface area contributed by atoms with Crippen LogP contribution in [0.5, 0.6) is 5.75 Å². The molecule has 0 saturated carbocycles. The lowest BCUT2D eigenvalue weighted by molar-refractivity contribution is 0.212. The summed E-state index contributed by atoms with van der Waals surface area (Å²) in [5, 5.41) is 10.8. The minimum Gasteiger partial charge on any atom is -0.494 e. The maximum atomic E-state index is 14.1. The first-order chi connectivity index (χ1) is 9.04. The van der Waals surface area contributed by atoms with E-state index < -0.39 is 11.9 Å². The predicted octanol–water partition coefficient (Wildman–Crippen LogP) is 4.33. The van der Waals surface area contributed by atoms with Gasteiger partial charge in [0.1, 0.15) is 6.10 Å². The largest absolute Gasteiger partial charge is 0.494 e. The Morgan fingerprint density at radius 1 is 1.26 bits per heavy atom. The van der Waals surface area contributed by atoms with Gasteiger partial charge in [0.2, 0.25) is 0 Å². The van der Waals surface area contributed by atoms with Gasteiger partial charge in [-0.2, -0.15) is 0 Å². The molecule has 0 heterocycles. The topological polar surface area (TPSA) is 29.5 Å². The number of methoxy groups -OCH3 is 1. The summed E-state index contributed by atoms with van der Waals surface area (Å²) in [6.45, 7) is 0. The summed E-state index contributed by atoms with van der Waals surface area (Å²) in [6.07, 6.45) is -1.12. The Labute approximate surface area is 123 Å². The van der Waals surface area contributed by atoms with E-state index in [2.05, 4.69) is 15.9 Å². The SMILES string of the molecule is COc1cccc(C(O)c2cc(Cl)ccc2Br)c1F. The fourth-order valence-corrected chi connectivity index (χ4v) is 2.43. The van der Waals surface area contributed by atoms with Crippen LogP contribution >= 0.6 is 27.5 Å². The standard InChI is InChI=1S/C14H11BrClFO2/c1-19-12-4-2-3-9(13(12)17)14(18)10-7-8(16)5-6-11(10)15/h2-7,14,18H,1H3. The first-order valence-electron chi connectivity index (χ1n) is 5.50. The lowest BCUT2D eigenvalue weighted by Crippen LogP contribution is -2.04. The Balaban J connectivity index is 2.50. The molecule has 2 nitrogen and oxygen atoms in total. The number of hydrogen-bond acceptors (Lipinski definition) is 2. The fraction of sp³-hybridized carbons (Fsp3) is 0.143. The minimum atomic E-state index is -1.12. The summed E-state index contributed by atoms with van der Waals surface area (Å²) in [5.74, 6) is -0.487. The van der Waals surface area contributed by atoms with Gasteiger partial charge < -0.3 is 9.84 Å². The predicted molar refractivity (Wildman–Crippen MR) is 76.2 cm³/mol. The summed E-state index contributed by atoms with van der Waals surface area (Å²) in [4.78, 5) is 0. The first-order valence-corrected chi connectivity index (χ1v) is 6.67. The highest BCUT2D eigenvalue weighted by Crippen LogP contribution is 2.34. The van der Waals surface area contributed by atoms with Crippen molar-refractivity contribution in [2.45, 2.75) is 6.10 Å². The lowest BCUT2D eigenvalue weighted by Gasteiger charge is -2.15. The van der Waals surface area contributed by atoms with Crippen LogP contribution in [0.25, 0.3) is 0 Å². The van der Waals surface area contributed by atoms with E-state index in [4.69, 9.17) is 16.3 Å². The number of aliphatic hydroxyl groups is 1. The van der Waals surface area contributed by atoms with Crippen LogP contribution in [0.1, 0.15) is 17.2 Å². The molecule has 0 bridgehead atoms. The van der Waals surface area contributed by atoms with Gasteiger partial charge in [-0.15, -0.1) is 0 Å². The molecular weight excluding hydrogens is 335 g/mol. The zero-order valence-corrected chi connectivity index (χ0v) is 12.4. The minimum absolute atomic E-state index is 0.0923. The van der Waals surface area contributed by atoms with Gasteiger partial charge in [0.05, 0.1) is 7.11 Å². The molecule has 0 aliphatic rings. The molecule has 0 aliphatic carbocycles. The van der Waals surface area contributed by atoms with Crippen molar-refractivity contribution in [3.05, 3.63) is 62.8 Å². The smallest absolute Gasteiger partial charge is 0.171 e. The second kappa shape index (κ2) is 5.90. The third-order valence-electron chi connectivity index (χ3n) is 2.76. The Hall–Kier alpha value is -1.10. The molecule has 0 aliphatic heterocycles. The van der Waals surface area contributed by atoms with Crippen molar-refractivity contribution in [3.8, 4) is 5.75 Å². The molecule has 0 spiro atoms. The van der Waals surface area contributed by atoms with Gasteiger partial charge in [0, 0.05) is 20.6 Å². The van der Waals surface area contributed by atoms with E-state index >= 15 is 0 Å². The zero-order chi connectivity index (χ0) is 14.0. The molecule has 2 aromatic carbocycles. The Bertz CT molecular complexity index is 604. The van der Waals surface area contributed by atoms with Gasteiger partial charge >= 0.3 is 0 Å². The number of rotatable bonds is 3. The van der Waals surface area contributed by atoms with Crippen LogP contribution in [0, 0.1) is 5.82 Å². The quantitative estimate of drug-likeness (QED) is 0.897. The van der Waals surface area contributed by atoms with Crippen molar-refractivity contribution < 1.29 is 14.2 Å². The van der Waals surface area contributed by atoms with E-state index in [0.29, 0.717) is 15.1 Å². The van der Waals surface area contributed by atoms with Crippen LogP contribution in [-0.4, -0.2) is 12.2 Å². The van der Waals surface area contributed by atoms with Crippen molar-refractivity contribution in [1.82, 2.24) is 0 Å². The van der Waals surface area contributed by atoms with Crippen molar-refractivity contribution in [2.24, 2.45) is 0 Å². The van der Waals surface area contributed by atoms with E-state index in [-0.39, 0.29) is 11.3 Å². The van der Waals surface area contributed by atoms with Crippen LogP contribution in [-0.2, 0) is 0 Å². The summed E-state index contributed by atoms with van der Waals surface area (Å²) < 4.78 is 19.7. The van der Waals surface area contributed by atoms with Gasteiger partial charge in [-0.25, -0.2) is 4.39 Å². The average molecular weight is 346 g/mol. The number of ether oxygens (including phenoxy) is 1. The maximum Gasteiger partial charge on any atom is 0.171 e. The van der Waals surface area contributed by atoms with Gasteiger partial charge in [-0.3, -0.25) is 0 Å². The van der Waals surface area contributed by atoms with Crippen LogP contribution in [0.15, 0.2) is 40.9 Å². The monoisotopic (exact) mass is 344 g/mol. The molecule has 19 heavy (non-hydrogen) atoms. The highest BCUT2D eigenvalue weighted by Gasteiger charge is 2.20. The second-order valence-corrected chi connectivity index (χ2v) is 5.22. The summed E-state index contributed by atoms with van der Waals surface area (Å²) >= 11 is 9.21. The molecule has 0 amide bonds. The van der Waals surface area contributed by atoms with Crippen LogP contribution < -0.4 is 4.74 Å². The van der Waals surface area contributed by atoms with Gasteiger partial charge in [0.15, 0.2) is 11.6 Å². The normalized spacial score (nSPS) is 12.3. The Morgan fingerprint density at radius 3 is 2.68 bits per heavy atom. The molecular formula is C14H11BrClFO2. The molecule has 0 fully saturated rings. The van der Waals surface area contributed by atoms with E-state index in [1.54, 1.807) is 24.3 Å². The number of benzene rings is 2. The van der Waals surface area contributed by atoms with Crippen molar-refractivity contribution in [1.29, 1.82) is 0 Å².